The molecule has 7 heteroatoms. The first kappa shape index (κ1) is 15.0. The summed E-state index contributed by atoms with van der Waals surface area (Å²) in [7, 11) is 0. The Balaban J connectivity index is 2.05. The number of hydrogen-bond donors (Lipinski definition) is 3. The molecule has 0 radical (unpaired) electrons. The number of aromatic amines is 1. The molecule has 0 aliphatic carbocycles. The van der Waals surface area contributed by atoms with Crippen molar-refractivity contribution in [3.63, 3.8) is 0 Å². The Kier molecular flexibility index (Phi) is 4.87. The van der Waals surface area contributed by atoms with Crippen LogP contribution in [0.25, 0.3) is 0 Å². The van der Waals surface area contributed by atoms with E-state index in [-0.39, 0.29) is 29.2 Å². The molecule has 1 aromatic heterocycles. The minimum Gasteiger partial charge on any atom is -0.384 e. The molecule has 0 aliphatic heterocycles. The summed E-state index contributed by atoms with van der Waals surface area (Å²) in [5, 5.41) is 12.7. The highest BCUT2D eigenvalue weighted by Crippen LogP contribution is 2.09. The van der Waals surface area contributed by atoms with Gasteiger partial charge in [-0.05, 0) is 18.2 Å². The second-order valence-corrected chi connectivity index (χ2v) is 4.85. The average molecular weight is 306 g/mol. The van der Waals surface area contributed by atoms with Crippen LogP contribution in [-0.4, -0.2) is 22.6 Å². The van der Waals surface area contributed by atoms with Crippen molar-refractivity contribution >= 4 is 17.2 Å². The van der Waals surface area contributed by atoms with Crippen LogP contribution in [0.4, 0.5) is 4.39 Å². The van der Waals surface area contributed by atoms with E-state index in [1.165, 1.54) is 12.1 Å². The summed E-state index contributed by atoms with van der Waals surface area (Å²) in [6.07, 6.45) is 0. The lowest BCUT2D eigenvalue weighted by Gasteiger charge is -2.04. The van der Waals surface area contributed by atoms with Gasteiger partial charge in [0.15, 0.2) is 0 Å². The number of benzene rings is 1. The van der Waals surface area contributed by atoms with Crippen LogP contribution < -0.4 is 10.2 Å². The number of halogens is 1. The molecule has 0 spiro atoms. The number of nitrogens with one attached hydrogen (secondary N) is 2. The molecule has 108 valence electrons. The predicted octanol–water partition coefficient (Wildman–Crippen LogP) is 0.849. The lowest BCUT2D eigenvalue weighted by Crippen LogP contribution is -2.23. The quantitative estimate of drug-likeness (QED) is 0.735. The molecule has 0 fully saturated rings. The third kappa shape index (κ3) is 4.02. The van der Waals surface area contributed by atoms with Gasteiger partial charge in [-0.15, -0.1) is 0 Å². The predicted molar refractivity (Wildman–Crippen MR) is 76.5 cm³/mol. The highest BCUT2D eigenvalue weighted by atomic mass is 32.1. The SMILES string of the molecule is O=C(NCc1csc(=O)[nH]1)c1ccc(C#CCO)c(F)c1. The molecule has 2 rings (SSSR count). The van der Waals surface area contributed by atoms with Gasteiger partial charge >= 0.3 is 4.87 Å². The van der Waals surface area contributed by atoms with Crippen LogP contribution in [0.3, 0.4) is 0 Å². The van der Waals surface area contributed by atoms with Crippen LogP contribution in [0, 0.1) is 17.7 Å². The molecule has 0 saturated carbocycles. The fourth-order valence-electron chi connectivity index (χ4n) is 1.57. The van der Waals surface area contributed by atoms with Gasteiger partial charge in [-0.2, -0.15) is 0 Å². The number of H-pyrrole nitrogens is 1. The van der Waals surface area contributed by atoms with E-state index in [4.69, 9.17) is 5.11 Å². The van der Waals surface area contributed by atoms with Gasteiger partial charge in [0.05, 0.1) is 12.1 Å². The van der Waals surface area contributed by atoms with E-state index >= 15 is 0 Å². The number of aromatic nitrogens is 1. The van der Waals surface area contributed by atoms with Crippen molar-refractivity contribution in [3.8, 4) is 11.8 Å². The Labute approximate surface area is 123 Å². The van der Waals surface area contributed by atoms with E-state index in [9.17, 15) is 14.0 Å². The van der Waals surface area contributed by atoms with Crippen molar-refractivity contribution < 1.29 is 14.3 Å². The molecule has 3 N–H and O–H groups in total. The van der Waals surface area contributed by atoms with E-state index < -0.39 is 11.7 Å². The molecule has 0 saturated heterocycles. The molecule has 2 aromatic rings. The molecular weight excluding hydrogens is 295 g/mol. The zero-order valence-electron chi connectivity index (χ0n) is 10.8. The van der Waals surface area contributed by atoms with Crippen molar-refractivity contribution in [1.82, 2.24) is 10.3 Å². The highest BCUT2D eigenvalue weighted by Gasteiger charge is 2.09. The van der Waals surface area contributed by atoms with Gasteiger partial charge in [-0.1, -0.05) is 23.2 Å². The second-order valence-electron chi connectivity index (χ2n) is 4.01. The third-order valence-electron chi connectivity index (χ3n) is 2.54. The van der Waals surface area contributed by atoms with Crippen molar-refractivity contribution in [2.45, 2.75) is 6.54 Å². The molecule has 1 aromatic carbocycles. The summed E-state index contributed by atoms with van der Waals surface area (Å²) in [5.74, 6) is 3.69. The number of carbonyl (C=O) groups is 1. The van der Waals surface area contributed by atoms with Gasteiger partial charge in [0, 0.05) is 16.6 Å². The van der Waals surface area contributed by atoms with Crippen LogP contribution in [0.2, 0.25) is 0 Å². The summed E-state index contributed by atoms with van der Waals surface area (Å²) in [6, 6.07) is 3.89. The first-order chi connectivity index (χ1) is 10.1. The van der Waals surface area contributed by atoms with Gasteiger partial charge in [-0.3, -0.25) is 9.59 Å². The maximum Gasteiger partial charge on any atom is 0.304 e. The summed E-state index contributed by atoms with van der Waals surface area (Å²) in [4.78, 5) is 25.2. The standard InChI is InChI=1S/C14H11FN2O3S/c15-12-6-10(4-3-9(12)2-1-5-18)13(19)16-7-11-8-21-14(20)17-11/h3-4,6,8,18H,5,7H2,(H,16,19)(H,17,20). The van der Waals surface area contributed by atoms with E-state index in [1.54, 1.807) is 5.38 Å². The number of aliphatic hydroxyl groups excluding tert-OH is 1. The molecular formula is C14H11FN2O3S. The molecule has 0 unspecified atom stereocenters. The number of aliphatic hydroxyl groups is 1. The average Bonchev–Trinajstić information content (AvgIpc) is 2.89. The monoisotopic (exact) mass is 306 g/mol. The Bertz CT molecular complexity index is 770. The van der Waals surface area contributed by atoms with Crippen LogP contribution in [0.5, 0.6) is 0 Å². The second kappa shape index (κ2) is 6.83. The Morgan fingerprint density at radius 2 is 2.29 bits per heavy atom. The van der Waals surface area contributed by atoms with Gasteiger partial charge in [0.25, 0.3) is 5.91 Å². The first-order valence-corrected chi connectivity index (χ1v) is 6.82. The van der Waals surface area contributed by atoms with Crippen molar-refractivity contribution in [3.05, 3.63) is 55.9 Å². The smallest absolute Gasteiger partial charge is 0.304 e. The minimum atomic E-state index is -0.632. The van der Waals surface area contributed by atoms with Gasteiger partial charge in [-0.25, -0.2) is 4.39 Å². The summed E-state index contributed by atoms with van der Waals surface area (Å²) in [5.41, 5.74) is 0.853. The van der Waals surface area contributed by atoms with Crippen molar-refractivity contribution in [2.24, 2.45) is 0 Å². The van der Waals surface area contributed by atoms with Crippen LogP contribution in [-0.2, 0) is 6.54 Å². The van der Waals surface area contributed by atoms with E-state index in [2.05, 4.69) is 22.1 Å². The van der Waals surface area contributed by atoms with Crippen molar-refractivity contribution in [1.29, 1.82) is 0 Å². The molecule has 21 heavy (non-hydrogen) atoms. The Morgan fingerprint density at radius 3 is 2.90 bits per heavy atom. The van der Waals surface area contributed by atoms with Crippen LogP contribution in [0.15, 0.2) is 28.4 Å². The first-order valence-electron chi connectivity index (χ1n) is 5.94. The largest absolute Gasteiger partial charge is 0.384 e. The molecule has 0 aliphatic rings. The highest BCUT2D eigenvalue weighted by molar-refractivity contribution is 7.07. The molecule has 0 atom stereocenters. The van der Waals surface area contributed by atoms with Gasteiger partial charge in [0.1, 0.15) is 12.4 Å². The van der Waals surface area contributed by atoms with Crippen LogP contribution >= 0.6 is 11.3 Å². The van der Waals surface area contributed by atoms with Gasteiger partial charge < -0.3 is 15.4 Å². The Morgan fingerprint density at radius 1 is 1.48 bits per heavy atom. The molecule has 1 heterocycles. The zero-order chi connectivity index (χ0) is 15.2. The maximum absolute atomic E-state index is 13.7. The van der Waals surface area contributed by atoms with E-state index in [1.807, 2.05) is 0 Å². The van der Waals surface area contributed by atoms with Crippen LogP contribution in [0.1, 0.15) is 21.6 Å². The zero-order valence-corrected chi connectivity index (χ0v) is 11.6. The fraction of sp³-hybridized carbons (Fsp3) is 0.143. The number of carbonyl (C=O) groups excluding carboxylic acids is 1. The summed E-state index contributed by atoms with van der Waals surface area (Å²) >= 11 is 1.01. The lowest BCUT2D eigenvalue weighted by atomic mass is 10.1. The maximum atomic E-state index is 13.7. The number of hydrogen-bond acceptors (Lipinski definition) is 4. The van der Waals surface area contributed by atoms with Crippen molar-refractivity contribution in [2.75, 3.05) is 6.61 Å². The van der Waals surface area contributed by atoms with Gasteiger partial charge in [0.2, 0.25) is 0 Å². The minimum absolute atomic E-state index is 0.114. The molecule has 1 amide bonds. The van der Waals surface area contributed by atoms with E-state index in [0.717, 1.165) is 17.4 Å². The molecule has 5 nitrogen and oxygen atoms in total. The topological polar surface area (TPSA) is 82.2 Å². The lowest BCUT2D eigenvalue weighted by molar-refractivity contribution is 0.0950. The molecule has 0 bridgehead atoms. The normalized spacial score (nSPS) is 9.81. The van der Waals surface area contributed by atoms with E-state index in [0.29, 0.717) is 5.69 Å². The summed E-state index contributed by atoms with van der Waals surface area (Å²) < 4.78 is 13.7. The summed E-state index contributed by atoms with van der Waals surface area (Å²) in [6.45, 7) is -0.203. The third-order valence-corrected chi connectivity index (χ3v) is 3.26. The fourth-order valence-corrected chi connectivity index (χ4v) is 2.15. The Hall–Kier alpha value is -2.43. The number of amides is 1. The number of rotatable bonds is 3. The number of thiazole rings is 1.